The Hall–Kier alpha value is -1.75. The van der Waals surface area contributed by atoms with Gasteiger partial charge >= 0.3 is 11.1 Å². The number of aromatic nitrogens is 2. The van der Waals surface area contributed by atoms with E-state index in [1.807, 2.05) is 36.4 Å². The van der Waals surface area contributed by atoms with Crippen LogP contribution in [0.4, 0.5) is 0 Å². The summed E-state index contributed by atoms with van der Waals surface area (Å²) in [5, 5.41) is 3.40. The van der Waals surface area contributed by atoms with Crippen LogP contribution in [0.25, 0.3) is 11.0 Å². The highest BCUT2D eigenvalue weighted by Gasteiger charge is 2.09. The van der Waals surface area contributed by atoms with Crippen LogP contribution in [0.5, 0.6) is 0 Å². The fourth-order valence-corrected chi connectivity index (χ4v) is 3.24. The molecular weight excluding hydrogens is 377 g/mol. The highest BCUT2D eigenvalue weighted by atomic mass is 79.9. The Balaban J connectivity index is 1.92. The molecule has 2 unspecified atom stereocenters. The van der Waals surface area contributed by atoms with E-state index in [4.69, 9.17) is 0 Å². The Labute approximate surface area is 142 Å². The third-order valence-electron chi connectivity index (χ3n) is 3.55. The quantitative estimate of drug-likeness (QED) is 0.472. The molecule has 0 aliphatic rings. The summed E-state index contributed by atoms with van der Waals surface area (Å²) in [5.41, 5.74) is 1.98. The Kier molecular flexibility index (Phi) is 4.76. The van der Waals surface area contributed by atoms with Gasteiger partial charge in [0, 0.05) is 16.8 Å². The molecule has 0 saturated heterocycles. The van der Waals surface area contributed by atoms with Crippen molar-refractivity contribution in [1.82, 2.24) is 15.3 Å². The Morgan fingerprint density at radius 2 is 1.78 bits per heavy atom. The lowest BCUT2D eigenvalue weighted by Gasteiger charge is -2.15. The number of aromatic amines is 2. The first-order valence-electron chi connectivity index (χ1n) is 7.03. The van der Waals surface area contributed by atoms with E-state index < -0.39 is 11.1 Å². The summed E-state index contributed by atoms with van der Waals surface area (Å²) >= 11 is 3.43. The average Bonchev–Trinajstić information content (AvgIpc) is 2.55. The van der Waals surface area contributed by atoms with Crippen LogP contribution in [0.15, 0.2) is 56.5 Å². The Bertz CT molecular complexity index is 953. The van der Waals surface area contributed by atoms with Gasteiger partial charge in [-0.2, -0.15) is 0 Å². The molecule has 0 bridgehead atoms. The molecule has 0 radical (unpaired) electrons. The molecule has 7 heteroatoms. The molecule has 118 valence electrons. The van der Waals surface area contributed by atoms with Crippen molar-refractivity contribution in [2.24, 2.45) is 0 Å². The van der Waals surface area contributed by atoms with Gasteiger partial charge in [0.15, 0.2) is 0 Å². The fraction of sp³-hybridized carbons (Fsp3) is 0.125. The van der Waals surface area contributed by atoms with Crippen molar-refractivity contribution in [1.29, 1.82) is 0 Å². The summed E-state index contributed by atoms with van der Waals surface area (Å²) in [7, 11) is 2.76. The lowest BCUT2D eigenvalue weighted by atomic mass is 10.1. The van der Waals surface area contributed by atoms with E-state index in [0.29, 0.717) is 17.6 Å². The molecule has 1 aromatic heterocycles. The summed E-state index contributed by atoms with van der Waals surface area (Å²) < 4.78 is 0.838. The van der Waals surface area contributed by atoms with Crippen molar-refractivity contribution < 1.29 is 0 Å². The Morgan fingerprint density at radius 1 is 1.09 bits per heavy atom. The maximum Gasteiger partial charge on any atom is 0.314 e. The zero-order valence-electron chi connectivity index (χ0n) is 12.1. The highest BCUT2D eigenvalue weighted by molar-refractivity contribution is 9.10. The smallest absolute Gasteiger partial charge is 0.314 e. The number of rotatable bonds is 4. The van der Waals surface area contributed by atoms with E-state index >= 15 is 0 Å². The van der Waals surface area contributed by atoms with Gasteiger partial charge in [0.1, 0.15) is 0 Å². The number of benzene rings is 2. The summed E-state index contributed by atoms with van der Waals surface area (Å²) in [6.07, 6.45) is 0. The minimum atomic E-state index is -0.650. The number of nitrogens with one attached hydrogen (secondary N) is 3. The van der Waals surface area contributed by atoms with E-state index in [0.717, 1.165) is 15.6 Å². The van der Waals surface area contributed by atoms with Crippen molar-refractivity contribution in [3.05, 3.63) is 78.8 Å². The van der Waals surface area contributed by atoms with Crippen molar-refractivity contribution >= 4 is 36.2 Å². The molecule has 0 saturated carbocycles. The molecule has 5 nitrogen and oxygen atoms in total. The molecule has 2 aromatic carbocycles. The SMILES string of the molecule is O=c1[nH]c2cc(Br)cc(CNC(P)c3ccccc3)c2[nH]c1=O. The first-order chi connectivity index (χ1) is 11.0. The van der Waals surface area contributed by atoms with E-state index in [-0.39, 0.29) is 5.78 Å². The van der Waals surface area contributed by atoms with E-state index in [1.54, 1.807) is 6.07 Å². The monoisotopic (exact) mass is 391 g/mol. The molecule has 3 N–H and O–H groups in total. The van der Waals surface area contributed by atoms with Gasteiger partial charge in [-0.15, -0.1) is 9.24 Å². The van der Waals surface area contributed by atoms with Crippen LogP contribution in [0.2, 0.25) is 0 Å². The predicted octanol–water partition coefficient (Wildman–Crippen LogP) is 2.64. The molecule has 3 aromatic rings. The highest BCUT2D eigenvalue weighted by Crippen LogP contribution is 2.23. The summed E-state index contributed by atoms with van der Waals surface area (Å²) in [6.45, 7) is 0.543. The van der Waals surface area contributed by atoms with Gasteiger partial charge in [0.2, 0.25) is 0 Å². The maximum atomic E-state index is 11.6. The molecule has 0 spiro atoms. The lowest BCUT2D eigenvalue weighted by molar-refractivity contribution is 0.679. The number of fused-ring (bicyclic) bond motifs is 1. The van der Waals surface area contributed by atoms with Crippen molar-refractivity contribution in [3.8, 4) is 0 Å². The van der Waals surface area contributed by atoms with Gasteiger partial charge in [0.25, 0.3) is 0 Å². The largest absolute Gasteiger partial charge is 0.316 e. The van der Waals surface area contributed by atoms with Crippen LogP contribution < -0.4 is 16.4 Å². The first kappa shape index (κ1) is 16.1. The van der Waals surface area contributed by atoms with Crippen LogP contribution in [0, 0.1) is 0 Å². The molecule has 0 fully saturated rings. The molecule has 3 rings (SSSR count). The second-order valence-corrected chi connectivity index (χ2v) is 6.75. The minimum absolute atomic E-state index is 0.0831. The van der Waals surface area contributed by atoms with Gasteiger partial charge in [0.05, 0.1) is 11.0 Å². The van der Waals surface area contributed by atoms with Crippen LogP contribution in [-0.4, -0.2) is 9.97 Å². The number of H-pyrrole nitrogens is 2. The van der Waals surface area contributed by atoms with Crippen LogP contribution in [0.3, 0.4) is 0 Å². The summed E-state index contributed by atoms with van der Waals surface area (Å²) in [5.74, 6) is 0.0831. The van der Waals surface area contributed by atoms with Gasteiger partial charge in [-0.1, -0.05) is 46.3 Å². The summed E-state index contributed by atoms with van der Waals surface area (Å²) in [6, 6.07) is 13.7. The second kappa shape index (κ2) is 6.79. The molecular formula is C16H15BrN3O2P. The van der Waals surface area contributed by atoms with Gasteiger partial charge in [-0.3, -0.25) is 9.59 Å². The predicted molar refractivity (Wildman–Crippen MR) is 98.6 cm³/mol. The van der Waals surface area contributed by atoms with Crippen molar-refractivity contribution in [2.45, 2.75) is 12.3 Å². The number of halogens is 1. The zero-order valence-corrected chi connectivity index (χ0v) is 14.8. The molecule has 0 aliphatic carbocycles. The van der Waals surface area contributed by atoms with Gasteiger partial charge in [-0.25, -0.2) is 0 Å². The summed E-state index contributed by atoms with van der Waals surface area (Å²) in [4.78, 5) is 28.3. The Morgan fingerprint density at radius 3 is 2.52 bits per heavy atom. The van der Waals surface area contributed by atoms with E-state index in [1.165, 1.54) is 0 Å². The van der Waals surface area contributed by atoms with Crippen molar-refractivity contribution in [3.63, 3.8) is 0 Å². The van der Waals surface area contributed by atoms with E-state index in [9.17, 15) is 9.59 Å². The van der Waals surface area contributed by atoms with Crippen LogP contribution in [-0.2, 0) is 6.54 Å². The van der Waals surface area contributed by atoms with Crippen LogP contribution >= 0.6 is 25.2 Å². The fourth-order valence-electron chi connectivity index (χ4n) is 2.40. The van der Waals surface area contributed by atoms with Crippen molar-refractivity contribution in [2.75, 3.05) is 0 Å². The van der Waals surface area contributed by atoms with Gasteiger partial charge in [-0.05, 0) is 23.3 Å². The number of hydrogen-bond acceptors (Lipinski definition) is 3. The standard InChI is InChI=1S/C16H15BrN3O2P/c17-11-6-10(8-18-16(23)9-4-2-1-3-5-9)13-12(7-11)19-14(21)15(22)20-13/h1-7,16,18H,8,23H2,(H,19,21)(H,20,22). The van der Waals surface area contributed by atoms with E-state index in [2.05, 4.69) is 40.5 Å². The first-order valence-corrected chi connectivity index (χ1v) is 8.49. The molecule has 1 heterocycles. The van der Waals surface area contributed by atoms with Crippen LogP contribution in [0.1, 0.15) is 16.9 Å². The topological polar surface area (TPSA) is 77.8 Å². The molecule has 0 aliphatic heterocycles. The molecule has 23 heavy (non-hydrogen) atoms. The number of hydrogen-bond donors (Lipinski definition) is 3. The third-order valence-corrected chi connectivity index (χ3v) is 4.63. The average molecular weight is 392 g/mol. The third kappa shape index (κ3) is 3.61. The zero-order chi connectivity index (χ0) is 16.4. The lowest BCUT2D eigenvalue weighted by Crippen LogP contribution is -2.29. The normalized spacial score (nSPS) is 12.4. The maximum absolute atomic E-state index is 11.6. The second-order valence-electron chi connectivity index (χ2n) is 5.16. The molecule has 0 amide bonds. The van der Waals surface area contributed by atoms with Gasteiger partial charge < -0.3 is 15.3 Å². The minimum Gasteiger partial charge on any atom is -0.316 e. The molecule has 2 atom stereocenters.